The van der Waals surface area contributed by atoms with E-state index in [1.54, 1.807) is 66.7 Å². The van der Waals surface area contributed by atoms with Gasteiger partial charge in [0.05, 0.1) is 18.6 Å². The van der Waals surface area contributed by atoms with Crippen LogP contribution in [0, 0.1) is 0 Å². The van der Waals surface area contributed by atoms with Crippen LogP contribution in [0.2, 0.25) is 10.0 Å². The first-order valence-electron chi connectivity index (χ1n) is 10.7. The maximum Gasteiger partial charge on any atom is 0.280 e. The van der Waals surface area contributed by atoms with Crippen molar-refractivity contribution in [3.63, 3.8) is 0 Å². The molecule has 36 heavy (non-hydrogen) atoms. The number of hydrogen-bond acceptors (Lipinski definition) is 4. The number of fused-ring (bicyclic) bond motifs is 1. The van der Waals surface area contributed by atoms with E-state index in [1.165, 1.54) is 0 Å². The summed E-state index contributed by atoms with van der Waals surface area (Å²) >= 11 is 12.4. The number of nitrogens with zero attached hydrogens (tertiary/aromatic N) is 1. The van der Waals surface area contributed by atoms with Gasteiger partial charge in [-0.05, 0) is 47.0 Å². The molecule has 1 heterocycles. The van der Waals surface area contributed by atoms with E-state index in [1.807, 2.05) is 0 Å². The van der Waals surface area contributed by atoms with Crippen LogP contribution in [0.3, 0.4) is 0 Å². The predicted molar refractivity (Wildman–Crippen MR) is 135 cm³/mol. The molecule has 3 aromatic rings. The van der Waals surface area contributed by atoms with E-state index in [9.17, 15) is 14.4 Å². The van der Waals surface area contributed by atoms with Gasteiger partial charge in [-0.25, -0.2) is 5.48 Å². The third-order valence-corrected chi connectivity index (χ3v) is 6.12. The summed E-state index contributed by atoms with van der Waals surface area (Å²) in [7, 11) is 0. The molecule has 2 atom stereocenters. The fourth-order valence-electron chi connectivity index (χ4n) is 3.99. The molecular weight excluding hydrogens is 505 g/mol. The van der Waals surface area contributed by atoms with Crippen molar-refractivity contribution in [2.24, 2.45) is 16.5 Å². The first-order chi connectivity index (χ1) is 17.2. The number of guanidine groups is 1. The van der Waals surface area contributed by atoms with Crippen molar-refractivity contribution in [1.29, 1.82) is 0 Å². The third-order valence-electron chi connectivity index (χ3n) is 5.56. The SMILES string of the molecule is NC(N)=NC(=O)c1cccc(CONC(=O)[C@@H]2c3ccccc3C(=O)N[C@H]2c2ccc(Cl)cc2Cl)c1. The number of carbonyl (C=O) groups excluding carboxylic acids is 3. The lowest BCUT2D eigenvalue weighted by atomic mass is 9.80. The number of nitrogens with one attached hydrogen (secondary N) is 2. The van der Waals surface area contributed by atoms with Gasteiger partial charge in [0.25, 0.3) is 17.7 Å². The summed E-state index contributed by atoms with van der Waals surface area (Å²) in [5, 5.41) is 3.61. The smallest absolute Gasteiger partial charge is 0.280 e. The summed E-state index contributed by atoms with van der Waals surface area (Å²) in [5.74, 6) is -2.60. The Morgan fingerprint density at radius 3 is 2.53 bits per heavy atom. The number of benzene rings is 3. The molecule has 3 aromatic carbocycles. The van der Waals surface area contributed by atoms with Crippen molar-refractivity contribution < 1.29 is 19.2 Å². The van der Waals surface area contributed by atoms with E-state index in [2.05, 4.69) is 15.8 Å². The largest absolute Gasteiger partial charge is 0.370 e. The molecule has 6 N–H and O–H groups in total. The van der Waals surface area contributed by atoms with Gasteiger partial charge in [0, 0.05) is 21.2 Å². The van der Waals surface area contributed by atoms with Crippen LogP contribution in [0.5, 0.6) is 0 Å². The number of halogens is 2. The summed E-state index contributed by atoms with van der Waals surface area (Å²) in [6, 6.07) is 17.4. The first kappa shape index (κ1) is 25.2. The van der Waals surface area contributed by atoms with Crippen LogP contribution < -0.4 is 22.3 Å². The van der Waals surface area contributed by atoms with E-state index < -0.39 is 23.8 Å². The van der Waals surface area contributed by atoms with Crippen LogP contribution in [-0.4, -0.2) is 23.7 Å². The molecule has 4 rings (SSSR count). The van der Waals surface area contributed by atoms with Gasteiger partial charge in [-0.1, -0.05) is 59.6 Å². The van der Waals surface area contributed by atoms with E-state index in [0.717, 1.165) is 0 Å². The predicted octanol–water partition coefficient (Wildman–Crippen LogP) is 3.22. The summed E-state index contributed by atoms with van der Waals surface area (Å²) in [6.07, 6.45) is 0. The number of carbonyl (C=O) groups is 3. The molecule has 0 saturated carbocycles. The lowest BCUT2D eigenvalue weighted by molar-refractivity contribution is -0.137. The van der Waals surface area contributed by atoms with Crippen molar-refractivity contribution in [3.8, 4) is 0 Å². The third kappa shape index (κ3) is 5.49. The average Bonchev–Trinajstić information content (AvgIpc) is 2.84. The second kappa shape index (κ2) is 10.8. The number of rotatable bonds is 6. The molecule has 184 valence electrons. The molecule has 0 saturated heterocycles. The van der Waals surface area contributed by atoms with Crippen LogP contribution in [0.15, 0.2) is 71.7 Å². The van der Waals surface area contributed by atoms with Crippen LogP contribution in [-0.2, 0) is 16.2 Å². The quantitative estimate of drug-likeness (QED) is 0.220. The molecule has 1 aliphatic heterocycles. The van der Waals surface area contributed by atoms with Gasteiger partial charge >= 0.3 is 0 Å². The number of hydrogen-bond donors (Lipinski definition) is 4. The molecule has 11 heteroatoms. The van der Waals surface area contributed by atoms with Gasteiger partial charge in [0.2, 0.25) is 0 Å². The topological polar surface area (TPSA) is 149 Å². The Labute approximate surface area is 216 Å². The van der Waals surface area contributed by atoms with Crippen molar-refractivity contribution in [2.75, 3.05) is 0 Å². The summed E-state index contributed by atoms with van der Waals surface area (Å²) < 4.78 is 0. The molecular formula is C25H21Cl2N5O4. The lowest BCUT2D eigenvalue weighted by Crippen LogP contribution is -2.44. The van der Waals surface area contributed by atoms with Gasteiger partial charge in [-0.2, -0.15) is 4.99 Å². The van der Waals surface area contributed by atoms with E-state index in [4.69, 9.17) is 39.5 Å². The molecule has 0 aromatic heterocycles. The summed E-state index contributed by atoms with van der Waals surface area (Å²) in [4.78, 5) is 47.1. The minimum Gasteiger partial charge on any atom is -0.370 e. The Bertz CT molecular complexity index is 1370. The number of aliphatic imine (C=N–C) groups is 1. The van der Waals surface area contributed by atoms with Gasteiger partial charge in [-0.15, -0.1) is 0 Å². The number of hydroxylamine groups is 1. The van der Waals surface area contributed by atoms with Crippen LogP contribution in [0.4, 0.5) is 0 Å². The molecule has 0 radical (unpaired) electrons. The highest BCUT2D eigenvalue weighted by molar-refractivity contribution is 6.35. The molecule has 0 bridgehead atoms. The van der Waals surface area contributed by atoms with Gasteiger partial charge in [0.1, 0.15) is 0 Å². The Hall–Kier alpha value is -3.92. The molecule has 0 spiro atoms. The Morgan fingerprint density at radius 1 is 1.00 bits per heavy atom. The van der Waals surface area contributed by atoms with Crippen LogP contribution in [0.1, 0.15) is 49.4 Å². The van der Waals surface area contributed by atoms with Crippen molar-refractivity contribution in [1.82, 2.24) is 10.8 Å². The first-order valence-corrected chi connectivity index (χ1v) is 11.5. The Kier molecular flexibility index (Phi) is 7.54. The zero-order valence-electron chi connectivity index (χ0n) is 18.7. The molecule has 0 fully saturated rings. The second-order valence-corrected chi connectivity index (χ2v) is 8.82. The molecule has 0 unspecified atom stereocenters. The minimum atomic E-state index is -0.840. The van der Waals surface area contributed by atoms with Crippen LogP contribution in [0.25, 0.3) is 0 Å². The average molecular weight is 526 g/mol. The normalized spacial score (nSPS) is 16.4. The van der Waals surface area contributed by atoms with Crippen molar-refractivity contribution >= 4 is 46.9 Å². The number of nitrogens with two attached hydrogens (primary N) is 2. The minimum absolute atomic E-state index is 0.0399. The maximum absolute atomic E-state index is 13.4. The Morgan fingerprint density at radius 2 is 1.78 bits per heavy atom. The van der Waals surface area contributed by atoms with E-state index >= 15 is 0 Å². The maximum atomic E-state index is 13.4. The monoisotopic (exact) mass is 525 g/mol. The van der Waals surface area contributed by atoms with Crippen LogP contribution >= 0.6 is 23.2 Å². The molecule has 0 aliphatic carbocycles. The van der Waals surface area contributed by atoms with Gasteiger partial charge in [0.15, 0.2) is 5.96 Å². The zero-order chi connectivity index (χ0) is 25.8. The lowest BCUT2D eigenvalue weighted by Gasteiger charge is -2.33. The Balaban J connectivity index is 1.55. The van der Waals surface area contributed by atoms with Gasteiger partial charge < -0.3 is 16.8 Å². The van der Waals surface area contributed by atoms with Crippen molar-refractivity contribution in [3.05, 3.63) is 105 Å². The molecule has 9 nitrogen and oxygen atoms in total. The highest BCUT2D eigenvalue weighted by Gasteiger charge is 2.40. The summed E-state index contributed by atoms with van der Waals surface area (Å²) in [6.45, 7) is -0.0399. The standard InChI is InChI=1S/C25H21Cl2N5O4/c26-15-8-9-18(19(27)11-15)21-20(16-6-1-2-7-17(16)23(34)30-21)24(35)32-36-12-13-4-3-5-14(10-13)22(33)31-25(28)29/h1-11,20-21H,12H2,(H,30,34)(H,32,35)(H4,28,29,31,33)/t20-,21+/m1/s1. The fourth-order valence-corrected chi connectivity index (χ4v) is 4.52. The second-order valence-electron chi connectivity index (χ2n) is 7.98. The van der Waals surface area contributed by atoms with Gasteiger partial charge in [-0.3, -0.25) is 19.2 Å². The molecule has 3 amide bonds. The van der Waals surface area contributed by atoms with E-state index in [0.29, 0.717) is 32.3 Å². The van der Waals surface area contributed by atoms with E-state index in [-0.39, 0.29) is 24.0 Å². The highest BCUT2D eigenvalue weighted by atomic mass is 35.5. The fraction of sp³-hybridized carbons (Fsp3) is 0.120. The van der Waals surface area contributed by atoms with Crippen molar-refractivity contribution in [2.45, 2.75) is 18.6 Å². The zero-order valence-corrected chi connectivity index (χ0v) is 20.2. The summed E-state index contributed by atoms with van der Waals surface area (Å²) in [5.41, 5.74) is 15.3. The molecule has 1 aliphatic rings. The number of amides is 3. The highest BCUT2D eigenvalue weighted by Crippen LogP contribution is 2.40.